The first-order valence-corrected chi connectivity index (χ1v) is 9.91. The second-order valence-corrected chi connectivity index (χ2v) is 7.79. The molecule has 0 saturated heterocycles. The van der Waals surface area contributed by atoms with E-state index in [2.05, 4.69) is 21.2 Å². The van der Waals surface area contributed by atoms with Gasteiger partial charge in [-0.2, -0.15) is 0 Å². The van der Waals surface area contributed by atoms with Crippen molar-refractivity contribution in [3.8, 4) is 0 Å². The van der Waals surface area contributed by atoms with Crippen LogP contribution in [0.1, 0.15) is 12.0 Å². The molecule has 7 nitrogen and oxygen atoms in total. The molecule has 0 aliphatic rings. The maximum atomic E-state index is 11.8. The van der Waals surface area contributed by atoms with Crippen LogP contribution in [-0.2, 0) is 30.8 Å². The molecule has 0 aliphatic heterocycles. The SMILES string of the molecule is NS(=O)(=O)c1ccc(CCC(=O)OCC(=O)Nc2ccccc2Br)cc1. The van der Waals surface area contributed by atoms with Gasteiger partial charge in [0.15, 0.2) is 6.61 Å². The summed E-state index contributed by atoms with van der Waals surface area (Å²) in [6.07, 6.45) is 0.423. The summed E-state index contributed by atoms with van der Waals surface area (Å²) in [5, 5.41) is 7.65. The topological polar surface area (TPSA) is 116 Å². The van der Waals surface area contributed by atoms with Crippen molar-refractivity contribution in [1.82, 2.24) is 0 Å². The second-order valence-electron chi connectivity index (χ2n) is 5.38. The fraction of sp³-hybridized carbons (Fsp3) is 0.176. The van der Waals surface area contributed by atoms with Crippen LogP contribution in [0.2, 0.25) is 0 Å². The minimum atomic E-state index is -3.74. The van der Waals surface area contributed by atoms with Crippen LogP contribution >= 0.6 is 15.9 Å². The van der Waals surface area contributed by atoms with Crippen LogP contribution in [-0.4, -0.2) is 26.9 Å². The quantitative estimate of drug-likeness (QED) is 0.640. The summed E-state index contributed by atoms with van der Waals surface area (Å²) >= 11 is 3.30. The summed E-state index contributed by atoms with van der Waals surface area (Å²) in [7, 11) is -3.74. The largest absolute Gasteiger partial charge is 0.456 e. The van der Waals surface area contributed by atoms with Gasteiger partial charge in [-0.15, -0.1) is 0 Å². The predicted molar refractivity (Wildman–Crippen MR) is 99.9 cm³/mol. The van der Waals surface area contributed by atoms with E-state index in [4.69, 9.17) is 9.88 Å². The zero-order chi connectivity index (χ0) is 19.2. The molecule has 0 atom stereocenters. The monoisotopic (exact) mass is 440 g/mol. The van der Waals surface area contributed by atoms with E-state index in [0.29, 0.717) is 12.1 Å². The normalized spacial score (nSPS) is 11.0. The van der Waals surface area contributed by atoms with Crippen LogP contribution in [0.3, 0.4) is 0 Å². The second kappa shape index (κ2) is 8.93. The molecule has 26 heavy (non-hydrogen) atoms. The van der Waals surface area contributed by atoms with Gasteiger partial charge in [0, 0.05) is 10.9 Å². The molecule has 138 valence electrons. The average molecular weight is 441 g/mol. The van der Waals surface area contributed by atoms with Gasteiger partial charge in [0.1, 0.15) is 0 Å². The van der Waals surface area contributed by atoms with E-state index in [-0.39, 0.29) is 17.9 Å². The van der Waals surface area contributed by atoms with Crippen LogP contribution < -0.4 is 10.5 Å². The number of para-hydroxylation sites is 1. The molecule has 0 aliphatic carbocycles. The molecular weight excluding hydrogens is 424 g/mol. The molecule has 0 fully saturated rings. The lowest BCUT2D eigenvalue weighted by atomic mass is 10.1. The van der Waals surface area contributed by atoms with Gasteiger partial charge in [-0.25, -0.2) is 13.6 Å². The van der Waals surface area contributed by atoms with Crippen molar-refractivity contribution >= 4 is 43.5 Å². The van der Waals surface area contributed by atoms with E-state index in [1.165, 1.54) is 12.1 Å². The minimum Gasteiger partial charge on any atom is -0.456 e. The number of sulfonamides is 1. The number of aryl methyl sites for hydroxylation is 1. The number of anilines is 1. The fourth-order valence-electron chi connectivity index (χ4n) is 2.06. The van der Waals surface area contributed by atoms with Gasteiger partial charge in [-0.1, -0.05) is 24.3 Å². The number of ether oxygens (including phenoxy) is 1. The zero-order valence-electron chi connectivity index (χ0n) is 13.6. The van der Waals surface area contributed by atoms with E-state index in [1.807, 2.05) is 6.07 Å². The van der Waals surface area contributed by atoms with Crippen LogP contribution in [0.4, 0.5) is 5.69 Å². The first-order chi connectivity index (χ1) is 12.3. The molecule has 0 radical (unpaired) electrons. The number of halogens is 1. The Morgan fingerprint density at radius 1 is 1.08 bits per heavy atom. The number of hydrogen-bond donors (Lipinski definition) is 2. The Labute approximate surface area is 159 Å². The van der Waals surface area contributed by atoms with Crippen LogP contribution in [0, 0.1) is 0 Å². The van der Waals surface area contributed by atoms with Gasteiger partial charge >= 0.3 is 5.97 Å². The number of carbonyl (C=O) groups excluding carboxylic acids is 2. The number of nitrogens with one attached hydrogen (secondary N) is 1. The Morgan fingerprint density at radius 3 is 2.35 bits per heavy atom. The predicted octanol–water partition coefficient (Wildman–Crippen LogP) is 2.21. The molecule has 1 amide bonds. The highest BCUT2D eigenvalue weighted by Crippen LogP contribution is 2.20. The van der Waals surface area contributed by atoms with Crippen molar-refractivity contribution in [1.29, 1.82) is 0 Å². The van der Waals surface area contributed by atoms with E-state index in [9.17, 15) is 18.0 Å². The third-order valence-corrected chi connectivity index (χ3v) is 5.00. The fourth-order valence-corrected chi connectivity index (χ4v) is 2.96. The lowest BCUT2D eigenvalue weighted by Gasteiger charge is -2.08. The molecular formula is C17H17BrN2O5S. The summed E-state index contributed by atoms with van der Waals surface area (Å²) in [5.74, 6) is -0.967. The lowest BCUT2D eigenvalue weighted by molar-refractivity contribution is -0.147. The third-order valence-electron chi connectivity index (χ3n) is 3.38. The van der Waals surface area contributed by atoms with Crippen molar-refractivity contribution in [3.63, 3.8) is 0 Å². The van der Waals surface area contributed by atoms with E-state index in [1.54, 1.807) is 30.3 Å². The highest BCUT2D eigenvalue weighted by molar-refractivity contribution is 9.10. The number of carbonyl (C=O) groups is 2. The van der Waals surface area contributed by atoms with Gasteiger partial charge in [0.05, 0.1) is 10.6 Å². The molecule has 0 spiro atoms. The number of hydrogen-bond acceptors (Lipinski definition) is 5. The molecule has 9 heteroatoms. The Balaban J connectivity index is 1.77. The highest BCUT2D eigenvalue weighted by Gasteiger charge is 2.11. The number of benzene rings is 2. The Bertz CT molecular complexity index is 898. The van der Waals surface area contributed by atoms with E-state index >= 15 is 0 Å². The first-order valence-electron chi connectivity index (χ1n) is 7.57. The van der Waals surface area contributed by atoms with Crippen molar-refractivity contribution in [2.75, 3.05) is 11.9 Å². The molecule has 3 N–H and O–H groups in total. The van der Waals surface area contributed by atoms with Crippen molar-refractivity contribution < 1.29 is 22.7 Å². The third kappa shape index (κ3) is 6.25. The molecule has 0 heterocycles. The number of esters is 1. The summed E-state index contributed by atoms with van der Waals surface area (Å²) in [4.78, 5) is 23.5. The number of amides is 1. The number of primary sulfonamides is 1. The van der Waals surface area contributed by atoms with Crippen molar-refractivity contribution in [2.24, 2.45) is 5.14 Å². The summed E-state index contributed by atoms with van der Waals surface area (Å²) < 4.78 is 28.0. The van der Waals surface area contributed by atoms with Crippen LogP contribution in [0.15, 0.2) is 57.9 Å². The summed E-state index contributed by atoms with van der Waals surface area (Å²) in [6.45, 7) is -0.384. The van der Waals surface area contributed by atoms with Crippen molar-refractivity contribution in [3.05, 3.63) is 58.6 Å². The van der Waals surface area contributed by atoms with Gasteiger partial charge in [0.2, 0.25) is 10.0 Å². The molecule has 2 aromatic carbocycles. The average Bonchev–Trinajstić information content (AvgIpc) is 2.60. The minimum absolute atomic E-state index is 0.00701. The lowest BCUT2D eigenvalue weighted by Crippen LogP contribution is -2.21. The molecule has 0 saturated carbocycles. The summed E-state index contributed by atoms with van der Waals surface area (Å²) in [5.41, 5.74) is 1.34. The van der Waals surface area contributed by atoms with Crippen LogP contribution in [0.25, 0.3) is 0 Å². The molecule has 0 aromatic heterocycles. The van der Waals surface area contributed by atoms with Gasteiger partial charge in [0.25, 0.3) is 5.91 Å². The van der Waals surface area contributed by atoms with E-state index < -0.39 is 21.9 Å². The maximum Gasteiger partial charge on any atom is 0.306 e. The van der Waals surface area contributed by atoms with Gasteiger partial charge in [-0.05, 0) is 52.2 Å². The first kappa shape index (κ1) is 20.1. The molecule has 2 rings (SSSR count). The Morgan fingerprint density at radius 2 is 1.73 bits per heavy atom. The smallest absolute Gasteiger partial charge is 0.306 e. The zero-order valence-corrected chi connectivity index (χ0v) is 16.0. The molecule has 0 bridgehead atoms. The Kier molecular flexibility index (Phi) is 6.90. The standard InChI is InChI=1S/C17H17BrN2O5S/c18-14-3-1-2-4-15(14)20-16(21)11-25-17(22)10-7-12-5-8-13(9-6-12)26(19,23)24/h1-6,8-9H,7,10-11H2,(H,20,21)(H2,19,23,24). The molecule has 0 unspecified atom stereocenters. The van der Waals surface area contributed by atoms with Crippen molar-refractivity contribution in [2.45, 2.75) is 17.7 Å². The number of rotatable bonds is 7. The van der Waals surface area contributed by atoms with Crippen LogP contribution in [0.5, 0.6) is 0 Å². The highest BCUT2D eigenvalue weighted by atomic mass is 79.9. The number of nitrogens with two attached hydrogens (primary N) is 1. The summed E-state index contributed by atoms with van der Waals surface area (Å²) in [6, 6.07) is 13.0. The van der Waals surface area contributed by atoms with Gasteiger partial charge in [-0.3, -0.25) is 9.59 Å². The molecule has 2 aromatic rings. The maximum absolute atomic E-state index is 11.8. The van der Waals surface area contributed by atoms with Gasteiger partial charge < -0.3 is 10.1 Å². The van der Waals surface area contributed by atoms with E-state index in [0.717, 1.165) is 10.0 Å². The Hall–Kier alpha value is -2.23.